The van der Waals surface area contributed by atoms with Crippen molar-refractivity contribution in [3.63, 3.8) is 0 Å². The fourth-order valence-electron chi connectivity index (χ4n) is 3.80. The van der Waals surface area contributed by atoms with Crippen LogP contribution in [0.4, 0.5) is 0 Å². The van der Waals surface area contributed by atoms with Crippen LogP contribution in [0, 0.1) is 0 Å². The molecule has 28 heavy (non-hydrogen) atoms. The molecule has 2 N–H and O–H groups in total. The highest BCUT2D eigenvalue weighted by molar-refractivity contribution is 6.22. The number of hydrogen-bond donors (Lipinski definition) is 1. The Bertz CT molecular complexity index is 918. The molecule has 2 heterocycles. The summed E-state index contributed by atoms with van der Waals surface area (Å²) in [7, 11) is 0. The van der Waals surface area contributed by atoms with Gasteiger partial charge in [0.25, 0.3) is 17.7 Å². The first-order valence-corrected chi connectivity index (χ1v) is 9.63. The molecular weight excluding hydrogens is 354 g/mol. The van der Waals surface area contributed by atoms with E-state index in [1.165, 1.54) is 4.90 Å². The second kappa shape index (κ2) is 7.56. The minimum absolute atomic E-state index is 0.113. The van der Waals surface area contributed by atoms with Gasteiger partial charge in [-0.25, -0.2) is 0 Å². The SMILES string of the molecule is NC1CCN(C(=O)c2ccc3c(c2)C(=O)N(CCc2ccccc2)C3=O)CC1. The molecule has 6 heteroatoms. The second-order valence-electron chi connectivity index (χ2n) is 7.39. The predicted molar refractivity (Wildman–Crippen MR) is 105 cm³/mol. The van der Waals surface area contributed by atoms with Gasteiger partial charge in [0.1, 0.15) is 0 Å². The van der Waals surface area contributed by atoms with Crippen LogP contribution in [0.3, 0.4) is 0 Å². The average molecular weight is 377 g/mol. The second-order valence-corrected chi connectivity index (χ2v) is 7.39. The number of hydrogen-bond acceptors (Lipinski definition) is 4. The number of amides is 3. The van der Waals surface area contributed by atoms with Crippen molar-refractivity contribution in [1.29, 1.82) is 0 Å². The maximum atomic E-state index is 12.8. The van der Waals surface area contributed by atoms with E-state index >= 15 is 0 Å². The van der Waals surface area contributed by atoms with E-state index in [0.29, 0.717) is 42.7 Å². The molecule has 0 atom stereocenters. The number of rotatable bonds is 4. The van der Waals surface area contributed by atoms with Gasteiger partial charge in [0.05, 0.1) is 11.1 Å². The maximum Gasteiger partial charge on any atom is 0.261 e. The molecule has 2 aromatic rings. The first kappa shape index (κ1) is 18.4. The molecule has 2 aromatic carbocycles. The highest BCUT2D eigenvalue weighted by Gasteiger charge is 2.36. The molecule has 0 saturated carbocycles. The summed E-state index contributed by atoms with van der Waals surface area (Å²) >= 11 is 0. The summed E-state index contributed by atoms with van der Waals surface area (Å²) in [5.41, 5.74) is 8.10. The van der Waals surface area contributed by atoms with E-state index in [2.05, 4.69) is 0 Å². The van der Waals surface area contributed by atoms with Crippen LogP contribution in [0.5, 0.6) is 0 Å². The lowest BCUT2D eigenvalue weighted by Crippen LogP contribution is -2.42. The van der Waals surface area contributed by atoms with Gasteiger partial charge in [0.15, 0.2) is 0 Å². The zero-order valence-corrected chi connectivity index (χ0v) is 15.6. The van der Waals surface area contributed by atoms with E-state index in [0.717, 1.165) is 18.4 Å². The molecule has 0 bridgehead atoms. The lowest BCUT2D eigenvalue weighted by Gasteiger charge is -2.30. The van der Waals surface area contributed by atoms with Crippen LogP contribution in [-0.4, -0.2) is 53.2 Å². The summed E-state index contributed by atoms with van der Waals surface area (Å²) in [5.74, 6) is -0.734. The van der Waals surface area contributed by atoms with Crippen molar-refractivity contribution >= 4 is 17.7 Å². The predicted octanol–water partition coefficient (Wildman–Crippen LogP) is 2.09. The largest absolute Gasteiger partial charge is 0.339 e. The summed E-state index contributed by atoms with van der Waals surface area (Å²) in [4.78, 5) is 41.2. The van der Waals surface area contributed by atoms with Gasteiger partial charge in [-0.3, -0.25) is 19.3 Å². The van der Waals surface area contributed by atoms with Gasteiger partial charge in [-0.05, 0) is 43.0 Å². The number of likely N-dealkylation sites (tertiary alicyclic amines) is 1. The van der Waals surface area contributed by atoms with Crippen molar-refractivity contribution in [2.75, 3.05) is 19.6 Å². The summed E-state index contributed by atoms with van der Waals surface area (Å²) in [6.07, 6.45) is 2.16. The lowest BCUT2D eigenvalue weighted by atomic mass is 10.0. The van der Waals surface area contributed by atoms with Crippen LogP contribution < -0.4 is 5.73 Å². The molecule has 0 radical (unpaired) electrons. The third-order valence-corrected chi connectivity index (χ3v) is 5.51. The smallest absolute Gasteiger partial charge is 0.261 e. The lowest BCUT2D eigenvalue weighted by molar-refractivity contribution is 0.0655. The first-order valence-electron chi connectivity index (χ1n) is 9.63. The van der Waals surface area contributed by atoms with Crippen molar-refractivity contribution in [2.45, 2.75) is 25.3 Å². The standard InChI is InChI=1S/C22H23N3O3/c23-17-9-11-24(12-10-17)20(26)16-6-7-18-19(14-16)22(28)25(21(18)27)13-8-15-4-2-1-3-5-15/h1-7,14,17H,8-13,23H2. The van der Waals surface area contributed by atoms with Gasteiger partial charge in [0, 0.05) is 31.2 Å². The Kier molecular flexibility index (Phi) is 4.96. The zero-order valence-electron chi connectivity index (χ0n) is 15.6. The zero-order chi connectivity index (χ0) is 19.7. The highest BCUT2D eigenvalue weighted by Crippen LogP contribution is 2.25. The third kappa shape index (κ3) is 3.43. The van der Waals surface area contributed by atoms with Crippen LogP contribution >= 0.6 is 0 Å². The number of nitrogens with zero attached hydrogens (tertiary/aromatic N) is 2. The maximum absolute atomic E-state index is 12.8. The topological polar surface area (TPSA) is 83.7 Å². The van der Waals surface area contributed by atoms with Gasteiger partial charge >= 0.3 is 0 Å². The van der Waals surface area contributed by atoms with Crippen LogP contribution in [-0.2, 0) is 6.42 Å². The van der Waals surface area contributed by atoms with E-state index in [-0.39, 0.29) is 23.8 Å². The van der Waals surface area contributed by atoms with Gasteiger partial charge in [-0.2, -0.15) is 0 Å². The van der Waals surface area contributed by atoms with E-state index in [1.807, 2.05) is 30.3 Å². The van der Waals surface area contributed by atoms with Crippen molar-refractivity contribution in [2.24, 2.45) is 5.73 Å². The summed E-state index contributed by atoms with van der Waals surface area (Å²) in [6.45, 7) is 1.56. The summed E-state index contributed by atoms with van der Waals surface area (Å²) in [6, 6.07) is 14.7. The minimum atomic E-state index is -0.328. The molecule has 144 valence electrons. The van der Waals surface area contributed by atoms with E-state index in [9.17, 15) is 14.4 Å². The molecule has 0 aromatic heterocycles. The Hall–Kier alpha value is -2.99. The van der Waals surface area contributed by atoms with E-state index in [4.69, 9.17) is 5.73 Å². The van der Waals surface area contributed by atoms with E-state index < -0.39 is 0 Å². The molecule has 0 spiro atoms. The molecule has 1 fully saturated rings. The van der Waals surface area contributed by atoms with Crippen LogP contribution in [0.25, 0.3) is 0 Å². The Labute approximate surface area is 163 Å². The fraction of sp³-hybridized carbons (Fsp3) is 0.318. The number of imide groups is 1. The third-order valence-electron chi connectivity index (χ3n) is 5.51. The average Bonchev–Trinajstić information content (AvgIpc) is 2.97. The van der Waals surface area contributed by atoms with Crippen LogP contribution in [0.1, 0.15) is 49.5 Å². The highest BCUT2D eigenvalue weighted by atomic mass is 16.2. The van der Waals surface area contributed by atoms with Crippen LogP contribution in [0.15, 0.2) is 48.5 Å². The van der Waals surface area contributed by atoms with Gasteiger partial charge in [-0.15, -0.1) is 0 Å². The van der Waals surface area contributed by atoms with Gasteiger partial charge in [0.2, 0.25) is 0 Å². The van der Waals surface area contributed by atoms with Crippen molar-refractivity contribution in [1.82, 2.24) is 9.80 Å². The van der Waals surface area contributed by atoms with Crippen molar-refractivity contribution in [3.05, 3.63) is 70.8 Å². The van der Waals surface area contributed by atoms with Crippen molar-refractivity contribution in [3.8, 4) is 0 Å². The van der Waals surface area contributed by atoms with Gasteiger partial charge in [-0.1, -0.05) is 30.3 Å². The number of fused-ring (bicyclic) bond motifs is 1. The molecular formula is C22H23N3O3. The fourth-order valence-corrected chi connectivity index (χ4v) is 3.80. The summed E-state index contributed by atoms with van der Waals surface area (Å²) < 4.78 is 0. The number of benzene rings is 2. The molecule has 6 nitrogen and oxygen atoms in total. The molecule has 1 saturated heterocycles. The summed E-state index contributed by atoms with van der Waals surface area (Å²) in [5, 5.41) is 0. The van der Waals surface area contributed by atoms with Gasteiger partial charge < -0.3 is 10.6 Å². The normalized spacial score (nSPS) is 17.2. The number of piperidine rings is 1. The number of nitrogens with two attached hydrogens (primary N) is 1. The molecule has 3 amide bonds. The Morgan fingerprint density at radius 1 is 0.964 bits per heavy atom. The first-order chi connectivity index (χ1) is 13.5. The van der Waals surface area contributed by atoms with E-state index in [1.54, 1.807) is 23.1 Å². The van der Waals surface area contributed by atoms with Crippen molar-refractivity contribution < 1.29 is 14.4 Å². The molecule has 0 unspecified atom stereocenters. The minimum Gasteiger partial charge on any atom is -0.339 e. The monoisotopic (exact) mass is 377 g/mol. The number of carbonyl (C=O) groups is 3. The number of carbonyl (C=O) groups excluding carboxylic acids is 3. The molecule has 2 aliphatic rings. The Morgan fingerprint density at radius 3 is 2.36 bits per heavy atom. The Balaban J connectivity index is 1.50. The molecule has 0 aliphatic carbocycles. The molecule has 4 rings (SSSR count). The quantitative estimate of drug-likeness (QED) is 0.827. The Morgan fingerprint density at radius 2 is 1.64 bits per heavy atom. The molecule has 2 aliphatic heterocycles. The van der Waals surface area contributed by atoms with Crippen LogP contribution in [0.2, 0.25) is 0 Å².